The first kappa shape index (κ1) is 39.2. The second-order valence-electron chi connectivity index (χ2n) is 13.6. The zero-order chi connectivity index (χ0) is 30.2. The maximum Gasteiger partial charge on any atom is 0.0409 e. The number of pyridine rings is 1. The van der Waals surface area contributed by atoms with Crippen LogP contribution < -0.4 is 0 Å². The van der Waals surface area contributed by atoms with Crippen molar-refractivity contribution in [2.45, 2.75) is 226 Å². The van der Waals surface area contributed by atoms with Crippen molar-refractivity contribution in [1.29, 1.82) is 0 Å². The lowest BCUT2D eigenvalue weighted by Crippen LogP contribution is -1.99. The Morgan fingerprint density at radius 1 is 0.381 bits per heavy atom. The number of hydrogen-bond acceptors (Lipinski definition) is 1. The van der Waals surface area contributed by atoms with Crippen molar-refractivity contribution in [3.05, 3.63) is 35.5 Å². The van der Waals surface area contributed by atoms with Crippen LogP contribution in [0.15, 0.2) is 12.1 Å². The van der Waals surface area contributed by atoms with Crippen LogP contribution in [0.2, 0.25) is 0 Å². The summed E-state index contributed by atoms with van der Waals surface area (Å²) in [6.45, 7) is 6.78. The van der Waals surface area contributed by atoms with E-state index in [1.807, 2.05) is 0 Å². The van der Waals surface area contributed by atoms with Crippen LogP contribution in [0.25, 0.3) is 0 Å². The normalized spacial score (nSPS) is 11.5. The van der Waals surface area contributed by atoms with Crippen molar-refractivity contribution >= 4 is 0 Å². The summed E-state index contributed by atoms with van der Waals surface area (Å²) in [6.07, 6.45) is 47.5. The number of nitrogens with zero attached hydrogens (tertiary/aromatic N) is 1. The van der Waals surface area contributed by atoms with E-state index in [9.17, 15) is 0 Å². The highest BCUT2D eigenvalue weighted by Crippen LogP contribution is 2.17. The average Bonchev–Trinajstić information content (AvgIpc) is 3.01. The van der Waals surface area contributed by atoms with E-state index in [1.54, 1.807) is 0 Å². The van der Waals surface area contributed by atoms with Gasteiger partial charge in [0.2, 0.25) is 0 Å². The molecule has 0 fully saturated rings. The molecular formula is C41H76N. The highest BCUT2D eigenvalue weighted by Gasteiger charge is 2.04. The molecular weight excluding hydrogens is 506 g/mol. The summed E-state index contributed by atoms with van der Waals surface area (Å²) < 4.78 is 0. The van der Waals surface area contributed by atoms with Crippen LogP contribution in [0, 0.1) is 6.42 Å². The van der Waals surface area contributed by atoms with E-state index >= 15 is 0 Å². The van der Waals surface area contributed by atoms with E-state index in [-0.39, 0.29) is 0 Å². The maximum absolute atomic E-state index is 5.07. The average molecular weight is 583 g/mol. The van der Waals surface area contributed by atoms with Crippen LogP contribution in [0.3, 0.4) is 0 Å². The predicted molar refractivity (Wildman–Crippen MR) is 191 cm³/mol. The van der Waals surface area contributed by atoms with Crippen LogP contribution in [0.4, 0.5) is 0 Å². The molecule has 1 aromatic rings. The summed E-state index contributed by atoms with van der Waals surface area (Å²) in [6, 6.07) is 4.67. The molecule has 0 aliphatic heterocycles. The Bertz CT molecular complexity index is 613. The topological polar surface area (TPSA) is 12.9 Å². The molecule has 42 heavy (non-hydrogen) atoms. The van der Waals surface area contributed by atoms with Gasteiger partial charge in [-0.15, -0.1) is 0 Å². The molecule has 0 unspecified atom stereocenters. The van der Waals surface area contributed by atoms with Gasteiger partial charge in [-0.3, -0.25) is 4.98 Å². The third-order valence-corrected chi connectivity index (χ3v) is 9.36. The lowest BCUT2D eigenvalue weighted by molar-refractivity contribution is 0.531. The highest BCUT2D eigenvalue weighted by molar-refractivity contribution is 5.27. The van der Waals surface area contributed by atoms with Crippen LogP contribution in [0.1, 0.15) is 230 Å². The quantitative estimate of drug-likeness (QED) is 0.0751. The lowest BCUT2D eigenvalue weighted by atomic mass is 10.0. The summed E-state index contributed by atoms with van der Waals surface area (Å²) in [5, 5.41) is 0. The molecule has 0 aliphatic carbocycles. The summed E-state index contributed by atoms with van der Waals surface area (Å²) in [5.74, 6) is 0. The molecule has 1 radical (unpaired) electrons. The molecule has 0 saturated heterocycles. The van der Waals surface area contributed by atoms with E-state index in [2.05, 4.69) is 39.3 Å². The smallest absolute Gasteiger partial charge is 0.0409 e. The molecule has 1 heterocycles. The van der Waals surface area contributed by atoms with Crippen LogP contribution in [0.5, 0.6) is 0 Å². The minimum absolute atomic E-state index is 1.16. The third-order valence-electron chi connectivity index (χ3n) is 9.36. The lowest BCUT2D eigenvalue weighted by Gasteiger charge is -2.09. The second kappa shape index (κ2) is 31.6. The minimum atomic E-state index is 1.16. The zero-order valence-electron chi connectivity index (χ0n) is 29.3. The van der Waals surface area contributed by atoms with E-state index in [0.29, 0.717) is 0 Å². The number of hydrogen-bond donors (Lipinski definition) is 0. The van der Waals surface area contributed by atoms with E-state index in [1.165, 1.54) is 210 Å². The minimum Gasteiger partial charge on any atom is -0.258 e. The molecule has 0 spiro atoms. The van der Waals surface area contributed by atoms with Gasteiger partial charge >= 0.3 is 0 Å². The highest BCUT2D eigenvalue weighted by atomic mass is 14.7. The SMILES string of the molecule is C[CH]c1cc(CCCCCCCCCCCCCCCCC)nc(CCCCCCCCCCCCCCCCC)c1. The molecule has 1 heteroatoms. The fraction of sp³-hybridized carbons (Fsp3) is 0.854. The Morgan fingerprint density at radius 2 is 0.619 bits per heavy atom. The number of aromatic nitrogens is 1. The van der Waals surface area contributed by atoms with Crippen LogP contribution in [-0.2, 0) is 12.8 Å². The molecule has 0 bridgehead atoms. The van der Waals surface area contributed by atoms with Gasteiger partial charge in [-0.1, -0.05) is 201 Å². The third kappa shape index (κ3) is 25.6. The fourth-order valence-corrected chi connectivity index (χ4v) is 6.45. The van der Waals surface area contributed by atoms with Gasteiger partial charge in [-0.2, -0.15) is 0 Å². The van der Waals surface area contributed by atoms with Gasteiger partial charge in [0.15, 0.2) is 0 Å². The second-order valence-corrected chi connectivity index (χ2v) is 13.6. The van der Waals surface area contributed by atoms with Gasteiger partial charge in [0.05, 0.1) is 0 Å². The molecule has 0 atom stereocenters. The first-order valence-electron chi connectivity index (χ1n) is 19.6. The Morgan fingerprint density at radius 3 is 0.857 bits per heavy atom. The van der Waals surface area contributed by atoms with Crippen LogP contribution in [-0.4, -0.2) is 4.98 Å². The van der Waals surface area contributed by atoms with Crippen molar-refractivity contribution in [3.8, 4) is 0 Å². The van der Waals surface area contributed by atoms with Gasteiger partial charge in [-0.25, -0.2) is 0 Å². The van der Waals surface area contributed by atoms with Gasteiger partial charge in [-0.05, 0) is 49.8 Å². The molecule has 1 rings (SSSR count). The van der Waals surface area contributed by atoms with Gasteiger partial charge in [0, 0.05) is 11.4 Å². The van der Waals surface area contributed by atoms with Crippen molar-refractivity contribution in [3.63, 3.8) is 0 Å². The first-order chi connectivity index (χ1) is 20.8. The standard InChI is InChI=1S/C41H76N/c1-4-7-9-11-13-15-17-19-21-23-25-27-29-31-33-35-40-37-39(6-3)38-41(42-40)36-34-32-30-28-26-24-22-20-18-16-14-12-10-8-5-2/h6,37-38H,4-5,7-36H2,1-3H3. The van der Waals surface area contributed by atoms with Crippen molar-refractivity contribution < 1.29 is 0 Å². The Kier molecular flexibility index (Phi) is 29.4. The van der Waals surface area contributed by atoms with Gasteiger partial charge in [0.1, 0.15) is 0 Å². The first-order valence-corrected chi connectivity index (χ1v) is 19.6. The van der Waals surface area contributed by atoms with Crippen LogP contribution >= 0.6 is 0 Å². The Hall–Kier alpha value is -0.850. The maximum atomic E-state index is 5.07. The predicted octanol–water partition coefficient (Wildman–Crippen LogP) is 14.5. The molecule has 1 nitrogen and oxygen atoms in total. The van der Waals surface area contributed by atoms with E-state index < -0.39 is 0 Å². The fourth-order valence-electron chi connectivity index (χ4n) is 6.45. The molecule has 0 saturated carbocycles. The van der Waals surface area contributed by atoms with Crippen molar-refractivity contribution in [2.75, 3.05) is 0 Å². The number of aryl methyl sites for hydroxylation is 2. The van der Waals surface area contributed by atoms with Crippen molar-refractivity contribution in [1.82, 2.24) is 4.98 Å². The van der Waals surface area contributed by atoms with Crippen molar-refractivity contribution in [2.24, 2.45) is 0 Å². The van der Waals surface area contributed by atoms with E-state index in [0.717, 1.165) is 12.8 Å². The monoisotopic (exact) mass is 583 g/mol. The summed E-state index contributed by atoms with van der Waals surface area (Å²) in [4.78, 5) is 5.07. The van der Waals surface area contributed by atoms with Gasteiger partial charge in [0.25, 0.3) is 0 Å². The molecule has 1 aromatic heterocycles. The zero-order valence-corrected chi connectivity index (χ0v) is 29.3. The van der Waals surface area contributed by atoms with Gasteiger partial charge < -0.3 is 0 Å². The molecule has 0 aromatic carbocycles. The van der Waals surface area contributed by atoms with E-state index in [4.69, 9.17) is 4.98 Å². The Balaban J connectivity index is 1.99. The largest absolute Gasteiger partial charge is 0.258 e. The number of unbranched alkanes of at least 4 members (excludes halogenated alkanes) is 28. The number of rotatable bonds is 33. The summed E-state index contributed by atoms with van der Waals surface area (Å²) in [5.41, 5.74) is 4.03. The molecule has 0 amide bonds. The Labute approximate surface area is 266 Å². The summed E-state index contributed by atoms with van der Waals surface area (Å²) in [7, 11) is 0. The molecule has 0 N–H and O–H groups in total. The molecule has 245 valence electrons. The summed E-state index contributed by atoms with van der Waals surface area (Å²) >= 11 is 0. The molecule has 0 aliphatic rings.